The van der Waals surface area contributed by atoms with E-state index in [-0.39, 0.29) is 23.7 Å². The zero-order chi connectivity index (χ0) is 35.1. The van der Waals surface area contributed by atoms with Gasteiger partial charge in [-0.15, -0.1) is 11.3 Å². The number of thiophene rings is 1. The van der Waals surface area contributed by atoms with E-state index in [0.29, 0.717) is 59.6 Å². The van der Waals surface area contributed by atoms with Crippen molar-refractivity contribution in [3.05, 3.63) is 122 Å². The molecular weight excluding hydrogens is 707 g/mol. The highest BCUT2D eigenvalue weighted by Crippen LogP contribution is 2.40. The van der Waals surface area contributed by atoms with Gasteiger partial charge in [0.05, 0.1) is 35.1 Å². The molecule has 0 bridgehead atoms. The first kappa shape index (κ1) is 35.6. The molecule has 252 valence electrons. The maximum atomic E-state index is 13.5. The van der Waals surface area contributed by atoms with Crippen LogP contribution in [-0.2, 0) is 11.2 Å². The predicted octanol–water partition coefficient (Wildman–Crippen LogP) is 8.94. The summed E-state index contributed by atoms with van der Waals surface area (Å²) < 4.78 is 18.9. The number of hydrogen-bond donors (Lipinski definition) is 2. The molecule has 1 heterocycles. The number of phenols is 1. The number of methoxy groups -OCH3 is 1. The number of carbonyl (C=O) groups is 3. The summed E-state index contributed by atoms with van der Waals surface area (Å²) in [4.78, 5) is 40.0. The van der Waals surface area contributed by atoms with Gasteiger partial charge in [-0.1, -0.05) is 23.2 Å². The van der Waals surface area contributed by atoms with Gasteiger partial charge in [0.15, 0.2) is 17.3 Å². The molecule has 0 spiro atoms. The number of halogens is 2. The summed E-state index contributed by atoms with van der Waals surface area (Å²) in [5.74, 6) is 0.359. The van der Waals surface area contributed by atoms with E-state index >= 15 is 0 Å². The van der Waals surface area contributed by atoms with Crippen LogP contribution >= 0.6 is 46.5 Å². The Morgan fingerprint density at radius 2 is 1.59 bits per heavy atom. The molecule has 0 aliphatic rings. The van der Waals surface area contributed by atoms with E-state index in [1.807, 2.05) is 36.5 Å². The number of aromatic hydroxyl groups is 1. The van der Waals surface area contributed by atoms with E-state index in [9.17, 15) is 19.5 Å². The number of rotatable bonds is 13. The Labute approximate surface area is 301 Å². The average molecular weight is 738 g/mol. The third-order valence-electron chi connectivity index (χ3n) is 6.96. The van der Waals surface area contributed by atoms with E-state index in [2.05, 4.69) is 5.32 Å². The maximum Gasteiger partial charge on any atom is 0.315 e. The minimum atomic E-state index is -0.560. The lowest BCUT2D eigenvalue weighted by atomic mass is 10.0. The van der Waals surface area contributed by atoms with E-state index in [0.717, 1.165) is 17.0 Å². The van der Waals surface area contributed by atoms with Crippen molar-refractivity contribution in [1.29, 1.82) is 0 Å². The smallest absolute Gasteiger partial charge is 0.315 e. The minimum Gasteiger partial charge on any atom is -0.508 e. The second-order valence-corrected chi connectivity index (χ2v) is 13.7. The van der Waals surface area contributed by atoms with Crippen LogP contribution in [0.4, 0.5) is 11.4 Å². The lowest BCUT2D eigenvalue weighted by Gasteiger charge is -2.20. The second-order valence-electron chi connectivity index (χ2n) is 10.5. The summed E-state index contributed by atoms with van der Waals surface area (Å²) in [6.45, 7) is 2.41. The number of esters is 1. The molecule has 5 rings (SSSR count). The molecule has 9 nitrogen and oxygen atoms in total. The van der Waals surface area contributed by atoms with E-state index in [1.54, 1.807) is 43.5 Å². The highest BCUT2D eigenvalue weighted by molar-refractivity contribution is 8.00. The molecule has 49 heavy (non-hydrogen) atoms. The van der Waals surface area contributed by atoms with Crippen LogP contribution in [0.2, 0.25) is 9.36 Å². The van der Waals surface area contributed by atoms with Crippen LogP contribution in [0.3, 0.4) is 0 Å². The second kappa shape index (κ2) is 16.1. The first-order chi connectivity index (χ1) is 23.5. The number of benzene rings is 4. The van der Waals surface area contributed by atoms with Crippen LogP contribution in [-0.4, -0.2) is 43.5 Å². The SMILES string of the molecule is CCOc1ccc(N(C)Sc2cc(Cl)sc2C(=O)Nc2cc(Cl)cc(CC(=O)Oc3ccc(C(=O)c4ccc(O)cc4)cc3)c2)cc1OC. The van der Waals surface area contributed by atoms with Gasteiger partial charge in [0.25, 0.3) is 5.91 Å². The molecule has 1 amide bonds. The number of ketones is 1. The lowest BCUT2D eigenvalue weighted by molar-refractivity contribution is -0.133. The quantitative estimate of drug-likeness (QED) is 0.0529. The summed E-state index contributed by atoms with van der Waals surface area (Å²) in [5, 5.41) is 12.6. The van der Waals surface area contributed by atoms with Crippen molar-refractivity contribution in [3.63, 3.8) is 0 Å². The highest BCUT2D eigenvalue weighted by Gasteiger charge is 2.20. The number of carbonyl (C=O) groups excluding carboxylic acids is 3. The number of anilines is 2. The fraction of sp³-hybridized carbons (Fsp3) is 0.139. The largest absolute Gasteiger partial charge is 0.508 e. The summed E-state index contributed by atoms with van der Waals surface area (Å²) in [7, 11) is 3.44. The number of phenolic OH excluding ortho intramolecular Hbond substituents is 1. The van der Waals surface area contributed by atoms with Crippen LogP contribution < -0.4 is 23.8 Å². The van der Waals surface area contributed by atoms with Gasteiger partial charge in [0.2, 0.25) is 0 Å². The zero-order valence-corrected chi connectivity index (χ0v) is 29.6. The van der Waals surface area contributed by atoms with E-state index in [4.69, 9.17) is 37.4 Å². The summed E-state index contributed by atoms with van der Waals surface area (Å²) >= 11 is 15.2. The zero-order valence-electron chi connectivity index (χ0n) is 26.5. The van der Waals surface area contributed by atoms with Gasteiger partial charge in [-0.2, -0.15) is 0 Å². The van der Waals surface area contributed by atoms with Crippen LogP contribution in [0.15, 0.2) is 95.9 Å². The number of hydrogen-bond acceptors (Lipinski definition) is 10. The summed E-state index contributed by atoms with van der Waals surface area (Å²) in [5.41, 5.74) is 2.56. The number of ether oxygens (including phenoxy) is 3. The van der Waals surface area contributed by atoms with Crippen LogP contribution in [0.1, 0.15) is 38.1 Å². The fourth-order valence-electron chi connectivity index (χ4n) is 4.70. The number of nitrogens with one attached hydrogen (secondary N) is 1. The Morgan fingerprint density at radius 1 is 0.898 bits per heavy atom. The first-order valence-electron chi connectivity index (χ1n) is 14.8. The lowest BCUT2D eigenvalue weighted by Crippen LogP contribution is -2.14. The number of nitrogens with zero attached hydrogens (tertiary/aromatic N) is 1. The van der Waals surface area contributed by atoms with Crippen molar-refractivity contribution in [2.75, 3.05) is 30.4 Å². The third-order valence-corrected chi connectivity index (χ3v) is 9.58. The molecule has 5 aromatic rings. The van der Waals surface area contributed by atoms with Gasteiger partial charge in [-0.05, 0) is 109 Å². The molecule has 0 aliphatic heterocycles. The van der Waals surface area contributed by atoms with E-state index in [1.165, 1.54) is 48.3 Å². The van der Waals surface area contributed by atoms with Gasteiger partial charge < -0.3 is 28.9 Å². The Balaban J connectivity index is 1.22. The van der Waals surface area contributed by atoms with Crippen molar-refractivity contribution in [1.82, 2.24) is 0 Å². The monoisotopic (exact) mass is 736 g/mol. The summed E-state index contributed by atoms with van der Waals surface area (Å²) in [6.07, 6.45) is -0.125. The third kappa shape index (κ3) is 9.27. The molecule has 1 aromatic heterocycles. The molecule has 0 atom stereocenters. The van der Waals surface area contributed by atoms with Crippen LogP contribution in [0.25, 0.3) is 0 Å². The molecule has 0 saturated carbocycles. The first-order valence-corrected chi connectivity index (χ1v) is 17.1. The Hall–Kier alpha value is -4.68. The molecule has 4 aromatic carbocycles. The molecule has 13 heteroatoms. The Kier molecular flexibility index (Phi) is 11.7. The minimum absolute atomic E-state index is 0.0654. The number of amides is 1. The summed E-state index contributed by atoms with van der Waals surface area (Å²) in [6, 6.07) is 24.2. The highest BCUT2D eigenvalue weighted by atomic mass is 35.5. The van der Waals surface area contributed by atoms with Gasteiger partial charge in [-0.25, -0.2) is 0 Å². The van der Waals surface area contributed by atoms with Crippen LogP contribution in [0.5, 0.6) is 23.0 Å². The van der Waals surface area contributed by atoms with Gasteiger partial charge in [-0.3, -0.25) is 14.4 Å². The van der Waals surface area contributed by atoms with Gasteiger partial charge >= 0.3 is 5.97 Å². The molecule has 0 aliphatic carbocycles. The van der Waals surface area contributed by atoms with Crippen molar-refractivity contribution >= 4 is 75.5 Å². The molecule has 0 unspecified atom stereocenters. The van der Waals surface area contributed by atoms with Crippen LogP contribution in [0, 0.1) is 0 Å². The molecule has 0 radical (unpaired) electrons. The standard InChI is InChI=1S/C36H30Cl2N2O7S2/c1-4-46-29-14-9-26(19-30(29)45-3)40(2)49-31-20-32(38)48-35(31)36(44)39-25-16-21(15-24(37)18-25)17-33(42)47-28-12-7-23(8-13-28)34(43)22-5-10-27(41)11-6-22/h5-16,18-20,41H,4,17H2,1-3H3,(H,39,44). The van der Waals surface area contributed by atoms with Crippen molar-refractivity contribution in [2.45, 2.75) is 18.2 Å². The molecule has 0 fully saturated rings. The average Bonchev–Trinajstić information content (AvgIpc) is 3.44. The van der Waals surface area contributed by atoms with Crippen molar-refractivity contribution in [2.24, 2.45) is 0 Å². The topological polar surface area (TPSA) is 114 Å². The maximum absolute atomic E-state index is 13.5. The fourth-order valence-corrected chi connectivity index (χ4v) is 7.21. The molecule has 2 N–H and O–H groups in total. The van der Waals surface area contributed by atoms with E-state index < -0.39 is 11.9 Å². The predicted molar refractivity (Wildman–Crippen MR) is 194 cm³/mol. The van der Waals surface area contributed by atoms with Crippen molar-refractivity contribution < 1.29 is 33.7 Å². The normalized spacial score (nSPS) is 10.7. The Bertz CT molecular complexity index is 1980. The molecular formula is C36H30Cl2N2O7S2. The van der Waals surface area contributed by atoms with Gasteiger partial charge in [0.1, 0.15) is 16.4 Å². The van der Waals surface area contributed by atoms with Crippen molar-refractivity contribution in [3.8, 4) is 23.0 Å². The van der Waals surface area contributed by atoms with Gasteiger partial charge in [0, 0.05) is 35.0 Å². The Morgan fingerprint density at radius 3 is 2.27 bits per heavy atom. The molecule has 0 saturated heterocycles.